The highest BCUT2D eigenvalue weighted by Gasteiger charge is 2.29. The molecule has 4 nitrogen and oxygen atoms in total. The van der Waals surface area contributed by atoms with Crippen molar-refractivity contribution >= 4 is 11.5 Å². The molecule has 4 heteroatoms. The van der Waals surface area contributed by atoms with Crippen molar-refractivity contribution in [1.29, 1.82) is 0 Å². The highest BCUT2D eigenvalue weighted by molar-refractivity contribution is 5.63. The first-order valence-electron chi connectivity index (χ1n) is 5.89. The molecule has 0 aromatic carbocycles. The second-order valence-corrected chi connectivity index (χ2v) is 4.61. The van der Waals surface area contributed by atoms with Crippen LogP contribution in [0.2, 0.25) is 0 Å². The molecule has 1 fully saturated rings. The number of hydrogen-bond acceptors (Lipinski definition) is 4. The van der Waals surface area contributed by atoms with Crippen molar-refractivity contribution in [3.05, 3.63) is 18.3 Å². The van der Waals surface area contributed by atoms with Gasteiger partial charge in [-0.05, 0) is 31.4 Å². The van der Waals surface area contributed by atoms with Crippen molar-refractivity contribution < 1.29 is 0 Å². The number of nitrogens with zero attached hydrogens (tertiary/aromatic N) is 2. The first-order chi connectivity index (χ1) is 7.64. The second-order valence-electron chi connectivity index (χ2n) is 4.61. The maximum atomic E-state index is 6.26. The van der Waals surface area contributed by atoms with E-state index in [1.807, 2.05) is 12.1 Å². The first-order valence-corrected chi connectivity index (χ1v) is 5.89. The zero-order valence-corrected chi connectivity index (χ0v) is 9.82. The van der Waals surface area contributed by atoms with Gasteiger partial charge in [0.15, 0.2) is 0 Å². The van der Waals surface area contributed by atoms with Gasteiger partial charge in [0, 0.05) is 24.8 Å². The number of nitrogens with two attached hydrogens (primary N) is 2. The van der Waals surface area contributed by atoms with Gasteiger partial charge in [0.1, 0.15) is 5.82 Å². The predicted octanol–water partition coefficient (Wildman–Crippen LogP) is 1.37. The molecule has 1 saturated heterocycles. The number of rotatable bonds is 2. The van der Waals surface area contributed by atoms with Crippen LogP contribution in [0.15, 0.2) is 18.3 Å². The monoisotopic (exact) mass is 220 g/mol. The van der Waals surface area contributed by atoms with E-state index < -0.39 is 0 Å². The Morgan fingerprint density at radius 3 is 2.69 bits per heavy atom. The molecule has 1 aromatic rings. The first kappa shape index (κ1) is 11.2. The van der Waals surface area contributed by atoms with Crippen LogP contribution in [-0.2, 0) is 0 Å². The van der Waals surface area contributed by atoms with Crippen LogP contribution in [0, 0.1) is 0 Å². The van der Waals surface area contributed by atoms with Gasteiger partial charge in [-0.3, -0.25) is 0 Å². The van der Waals surface area contributed by atoms with Crippen molar-refractivity contribution in [3.63, 3.8) is 0 Å². The number of aromatic nitrogens is 1. The van der Waals surface area contributed by atoms with Crippen molar-refractivity contribution in [2.45, 2.75) is 31.7 Å². The maximum Gasteiger partial charge on any atom is 0.146 e. The zero-order chi connectivity index (χ0) is 11.6. The molecular formula is C12H20N4. The molecule has 4 N–H and O–H groups in total. The van der Waals surface area contributed by atoms with Crippen LogP contribution in [0.5, 0.6) is 0 Å². The largest absolute Gasteiger partial charge is 0.382 e. The molecular weight excluding hydrogens is 200 g/mol. The number of nitrogen functional groups attached to an aromatic ring is 1. The highest BCUT2D eigenvalue weighted by atomic mass is 15.2. The second kappa shape index (κ2) is 4.29. The van der Waals surface area contributed by atoms with E-state index in [0.717, 1.165) is 38.0 Å². The molecule has 1 aromatic heterocycles. The molecule has 0 amide bonds. The number of pyridine rings is 1. The lowest BCUT2D eigenvalue weighted by atomic mass is 9.86. The summed E-state index contributed by atoms with van der Waals surface area (Å²) in [5.74, 6) is 0.614. The summed E-state index contributed by atoms with van der Waals surface area (Å²) in [5.41, 5.74) is 13.2. The molecule has 1 aliphatic rings. The smallest absolute Gasteiger partial charge is 0.146 e. The quantitative estimate of drug-likeness (QED) is 0.790. The van der Waals surface area contributed by atoms with E-state index in [4.69, 9.17) is 11.5 Å². The van der Waals surface area contributed by atoms with E-state index in [-0.39, 0.29) is 5.54 Å². The minimum atomic E-state index is 0.0213. The minimum Gasteiger partial charge on any atom is -0.382 e. The third-order valence-electron chi connectivity index (χ3n) is 3.62. The Morgan fingerprint density at radius 1 is 1.44 bits per heavy atom. The van der Waals surface area contributed by atoms with Gasteiger partial charge in [0.25, 0.3) is 0 Å². The van der Waals surface area contributed by atoms with Crippen molar-refractivity contribution in [2.24, 2.45) is 5.73 Å². The number of hydrogen-bond donors (Lipinski definition) is 2. The molecule has 0 bridgehead atoms. The Labute approximate surface area is 96.6 Å². The summed E-state index contributed by atoms with van der Waals surface area (Å²) in [6, 6.07) is 3.95. The zero-order valence-electron chi connectivity index (χ0n) is 9.82. The molecule has 2 heterocycles. The molecule has 0 radical (unpaired) electrons. The van der Waals surface area contributed by atoms with Crippen LogP contribution in [0.3, 0.4) is 0 Å². The Kier molecular flexibility index (Phi) is 3.01. The van der Waals surface area contributed by atoms with E-state index in [1.54, 1.807) is 6.20 Å². The van der Waals surface area contributed by atoms with Crippen molar-refractivity contribution in [3.8, 4) is 0 Å². The van der Waals surface area contributed by atoms with Gasteiger partial charge < -0.3 is 16.4 Å². The minimum absolute atomic E-state index is 0.0213. The summed E-state index contributed by atoms with van der Waals surface area (Å²) in [6.45, 7) is 4.11. The maximum absolute atomic E-state index is 6.26. The molecule has 88 valence electrons. The number of piperidine rings is 1. The standard InChI is InChI=1S/C12H20N4/c1-2-12(14)5-8-16(9-6-12)10-4-3-7-15-11(10)13/h3-4,7H,2,5-6,8-9,14H2,1H3,(H2,13,15). The average molecular weight is 220 g/mol. The van der Waals surface area contributed by atoms with Crippen LogP contribution in [0.25, 0.3) is 0 Å². The van der Waals surface area contributed by atoms with E-state index in [9.17, 15) is 0 Å². The van der Waals surface area contributed by atoms with Crippen LogP contribution < -0.4 is 16.4 Å². The van der Waals surface area contributed by atoms with Gasteiger partial charge in [-0.15, -0.1) is 0 Å². The van der Waals surface area contributed by atoms with Gasteiger partial charge >= 0.3 is 0 Å². The summed E-state index contributed by atoms with van der Waals surface area (Å²) in [7, 11) is 0. The molecule has 0 unspecified atom stereocenters. The van der Waals surface area contributed by atoms with E-state index in [2.05, 4.69) is 16.8 Å². The van der Waals surface area contributed by atoms with Crippen LogP contribution >= 0.6 is 0 Å². The summed E-state index contributed by atoms with van der Waals surface area (Å²) in [5, 5.41) is 0. The molecule has 1 aliphatic heterocycles. The molecule has 2 rings (SSSR count). The van der Waals surface area contributed by atoms with Crippen molar-refractivity contribution in [1.82, 2.24) is 4.98 Å². The Bertz CT molecular complexity index is 356. The van der Waals surface area contributed by atoms with E-state index in [1.165, 1.54) is 0 Å². The molecule has 0 spiro atoms. The van der Waals surface area contributed by atoms with Gasteiger partial charge in [-0.1, -0.05) is 6.92 Å². The van der Waals surface area contributed by atoms with Crippen LogP contribution in [0.4, 0.5) is 11.5 Å². The van der Waals surface area contributed by atoms with Gasteiger partial charge in [0.2, 0.25) is 0 Å². The lowest BCUT2D eigenvalue weighted by Crippen LogP contribution is -2.50. The topological polar surface area (TPSA) is 68.2 Å². The van der Waals surface area contributed by atoms with Gasteiger partial charge in [-0.2, -0.15) is 0 Å². The normalized spacial score (nSPS) is 19.8. The summed E-state index contributed by atoms with van der Waals surface area (Å²) < 4.78 is 0. The van der Waals surface area contributed by atoms with E-state index >= 15 is 0 Å². The van der Waals surface area contributed by atoms with E-state index in [0.29, 0.717) is 5.82 Å². The van der Waals surface area contributed by atoms with Crippen molar-refractivity contribution in [2.75, 3.05) is 23.7 Å². The molecule has 0 saturated carbocycles. The van der Waals surface area contributed by atoms with Crippen LogP contribution in [-0.4, -0.2) is 23.6 Å². The highest BCUT2D eigenvalue weighted by Crippen LogP contribution is 2.28. The Balaban J connectivity index is 2.07. The lowest BCUT2D eigenvalue weighted by molar-refractivity contribution is 0.323. The molecule has 0 aliphatic carbocycles. The van der Waals surface area contributed by atoms with Gasteiger partial charge in [-0.25, -0.2) is 4.98 Å². The Morgan fingerprint density at radius 2 is 2.12 bits per heavy atom. The third-order valence-corrected chi connectivity index (χ3v) is 3.62. The molecule has 16 heavy (non-hydrogen) atoms. The summed E-state index contributed by atoms with van der Waals surface area (Å²) in [6.07, 6.45) is 4.82. The number of anilines is 2. The lowest BCUT2D eigenvalue weighted by Gasteiger charge is -2.39. The molecule has 0 atom stereocenters. The van der Waals surface area contributed by atoms with Crippen LogP contribution in [0.1, 0.15) is 26.2 Å². The average Bonchev–Trinajstić information content (AvgIpc) is 2.31. The predicted molar refractivity (Wildman–Crippen MR) is 67.3 cm³/mol. The third kappa shape index (κ3) is 2.11. The fraction of sp³-hybridized carbons (Fsp3) is 0.583. The fourth-order valence-electron chi connectivity index (χ4n) is 2.22. The Hall–Kier alpha value is -1.29. The van der Waals surface area contributed by atoms with Gasteiger partial charge in [0.05, 0.1) is 5.69 Å². The summed E-state index contributed by atoms with van der Waals surface area (Å²) >= 11 is 0. The summed E-state index contributed by atoms with van der Waals surface area (Å²) in [4.78, 5) is 6.40. The SMILES string of the molecule is CCC1(N)CCN(c2cccnc2N)CC1. The fourth-order valence-corrected chi connectivity index (χ4v) is 2.22.